The van der Waals surface area contributed by atoms with Crippen molar-refractivity contribution >= 4 is 16.8 Å². The van der Waals surface area contributed by atoms with Crippen LogP contribution in [0.1, 0.15) is 27.5 Å². The smallest absolute Gasteiger partial charge is 0.251 e. The molecule has 1 saturated heterocycles. The van der Waals surface area contributed by atoms with E-state index in [1.165, 1.54) is 6.07 Å². The molecule has 3 heterocycles. The molecule has 2 unspecified atom stereocenters. The van der Waals surface area contributed by atoms with E-state index in [1.807, 2.05) is 44.3 Å². The molecule has 0 aliphatic carbocycles. The lowest BCUT2D eigenvalue weighted by Gasteiger charge is -2.21. The number of halogens is 1. The van der Waals surface area contributed by atoms with Gasteiger partial charge in [-0.2, -0.15) is 5.10 Å². The quantitative estimate of drug-likeness (QED) is 0.516. The highest BCUT2D eigenvalue weighted by atomic mass is 19.1. The van der Waals surface area contributed by atoms with Gasteiger partial charge in [0.2, 0.25) is 0 Å². The van der Waals surface area contributed by atoms with Gasteiger partial charge in [-0.25, -0.2) is 4.39 Å². The number of rotatable bonds is 4. The molecular formula is C25H24FN5O. The Kier molecular flexibility index (Phi) is 5.19. The van der Waals surface area contributed by atoms with Crippen LogP contribution < -0.4 is 5.32 Å². The van der Waals surface area contributed by atoms with E-state index in [2.05, 4.69) is 25.4 Å². The first-order valence-electron chi connectivity index (χ1n) is 10.6. The van der Waals surface area contributed by atoms with E-state index < -0.39 is 0 Å². The van der Waals surface area contributed by atoms with Gasteiger partial charge in [-0.1, -0.05) is 18.2 Å². The molecule has 1 fully saturated rings. The Morgan fingerprint density at radius 3 is 2.81 bits per heavy atom. The molecule has 1 aliphatic heterocycles. The molecule has 2 N–H and O–H groups in total. The molecule has 2 aromatic heterocycles. The van der Waals surface area contributed by atoms with Gasteiger partial charge in [0.15, 0.2) is 0 Å². The Hall–Kier alpha value is -3.58. The zero-order valence-corrected chi connectivity index (χ0v) is 18.0. The summed E-state index contributed by atoms with van der Waals surface area (Å²) in [6, 6.07) is 16.0. The van der Waals surface area contributed by atoms with Gasteiger partial charge in [0.1, 0.15) is 11.5 Å². The number of benzene rings is 2. The van der Waals surface area contributed by atoms with Crippen molar-refractivity contribution in [2.75, 3.05) is 20.1 Å². The number of nitrogens with one attached hydrogen (secondary N) is 2. The van der Waals surface area contributed by atoms with Crippen LogP contribution in [0.15, 0.2) is 60.8 Å². The molecule has 0 radical (unpaired) electrons. The number of nitrogens with zero attached hydrogens (tertiary/aromatic N) is 3. The number of hydrogen-bond donors (Lipinski definition) is 2. The predicted molar refractivity (Wildman–Crippen MR) is 122 cm³/mol. The molecule has 32 heavy (non-hydrogen) atoms. The Labute approximate surface area is 185 Å². The minimum atomic E-state index is -0.232. The van der Waals surface area contributed by atoms with Crippen LogP contribution >= 0.6 is 0 Å². The van der Waals surface area contributed by atoms with Gasteiger partial charge in [-0.3, -0.25) is 14.9 Å². The minimum absolute atomic E-state index is 0.0989. The molecule has 0 saturated carbocycles. The Morgan fingerprint density at radius 2 is 2.00 bits per heavy atom. The standard InChI is InChI=1S/C25H24FN5O/c1-15-11-16(9-10-27-15)24-19-12-17(7-8-22(19)29-30-24)25(32)28-23-14-31(2)13-20(23)18-5-3-4-6-21(18)26/h3-12,20,23H,13-14H2,1-2H3,(H,28,32)(H,29,30). The van der Waals surface area contributed by atoms with E-state index in [-0.39, 0.29) is 23.7 Å². The summed E-state index contributed by atoms with van der Waals surface area (Å²) >= 11 is 0. The van der Waals surface area contributed by atoms with E-state index in [0.29, 0.717) is 24.2 Å². The first-order chi connectivity index (χ1) is 15.5. The molecule has 1 aliphatic rings. The fourth-order valence-corrected chi connectivity index (χ4v) is 4.56. The van der Waals surface area contributed by atoms with Crippen molar-refractivity contribution in [1.29, 1.82) is 0 Å². The molecule has 5 rings (SSSR count). The number of carbonyl (C=O) groups excluding carboxylic acids is 1. The molecule has 162 valence electrons. The van der Waals surface area contributed by atoms with Crippen LogP contribution in [-0.4, -0.2) is 52.2 Å². The lowest BCUT2D eigenvalue weighted by molar-refractivity contribution is 0.0935. The predicted octanol–water partition coefficient (Wildman–Crippen LogP) is 3.90. The molecule has 0 spiro atoms. The summed E-state index contributed by atoms with van der Waals surface area (Å²) < 4.78 is 14.4. The second-order valence-corrected chi connectivity index (χ2v) is 8.45. The van der Waals surface area contributed by atoms with Gasteiger partial charge in [0.25, 0.3) is 5.91 Å². The largest absolute Gasteiger partial charge is 0.347 e. The van der Waals surface area contributed by atoms with Gasteiger partial charge in [0, 0.05) is 53.5 Å². The Bertz CT molecular complexity index is 1300. The first kappa shape index (κ1) is 20.3. The number of aromatic nitrogens is 3. The fraction of sp³-hybridized carbons (Fsp3) is 0.240. The highest BCUT2D eigenvalue weighted by Gasteiger charge is 2.34. The van der Waals surface area contributed by atoms with E-state index in [1.54, 1.807) is 24.4 Å². The average molecular weight is 429 g/mol. The second kappa shape index (κ2) is 8.16. The lowest BCUT2D eigenvalue weighted by Crippen LogP contribution is -2.39. The van der Waals surface area contributed by atoms with Crippen molar-refractivity contribution < 1.29 is 9.18 Å². The average Bonchev–Trinajstić information content (AvgIpc) is 3.36. The number of H-pyrrole nitrogens is 1. The van der Waals surface area contributed by atoms with Crippen molar-refractivity contribution in [2.45, 2.75) is 18.9 Å². The number of aromatic amines is 1. The highest BCUT2D eigenvalue weighted by molar-refractivity contribution is 6.01. The van der Waals surface area contributed by atoms with Gasteiger partial charge >= 0.3 is 0 Å². The molecule has 6 nitrogen and oxygen atoms in total. The van der Waals surface area contributed by atoms with Gasteiger partial charge in [0.05, 0.1) is 5.52 Å². The number of aryl methyl sites for hydroxylation is 1. The van der Waals surface area contributed by atoms with Crippen LogP contribution in [-0.2, 0) is 0 Å². The van der Waals surface area contributed by atoms with Crippen LogP contribution in [0.2, 0.25) is 0 Å². The van der Waals surface area contributed by atoms with Crippen molar-refractivity contribution in [3.05, 3.63) is 83.4 Å². The molecular weight excluding hydrogens is 405 g/mol. The van der Waals surface area contributed by atoms with Gasteiger partial charge in [-0.15, -0.1) is 0 Å². The van der Waals surface area contributed by atoms with Crippen molar-refractivity contribution in [1.82, 2.24) is 25.4 Å². The summed E-state index contributed by atoms with van der Waals surface area (Å²) in [4.78, 5) is 19.5. The highest BCUT2D eigenvalue weighted by Crippen LogP contribution is 2.30. The topological polar surface area (TPSA) is 73.9 Å². The number of hydrogen-bond acceptors (Lipinski definition) is 4. The lowest BCUT2D eigenvalue weighted by atomic mass is 9.93. The third-order valence-electron chi connectivity index (χ3n) is 6.12. The normalized spacial score (nSPS) is 18.8. The van der Waals surface area contributed by atoms with Crippen molar-refractivity contribution in [3.63, 3.8) is 0 Å². The molecule has 2 atom stereocenters. The number of likely N-dealkylation sites (N-methyl/N-ethyl adjacent to an activating group) is 1. The van der Waals surface area contributed by atoms with Crippen LogP contribution in [0.25, 0.3) is 22.2 Å². The van der Waals surface area contributed by atoms with Crippen LogP contribution in [0.4, 0.5) is 4.39 Å². The third kappa shape index (κ3) is 3.76. The summed E-state index contributed by atoms with van der Waals surface area (Å²) in [5.41, 5.74) is 4.67. The fourth-order valence-electron chi connectivity index (χ4n) is 4.56. The Balaban J connectivity index is 1.43. The molecule has 4 aromatic rings. The van der Waals surface area contributed by atoms with Crippen LogP contribution in [0.5, 0.6) is 0 Å². The number of amides is 1. The number of carbonyl (C=O) groups is 1. The summed E-state index contributed by atoms with van der Waals surface area (Å²) in [5.74, 6) is -0.506. The minimum Gasteiger partial charge on any atom is -0.347 e. The number of pyridine rings is 1. The van der Waals surface area contributed by atoms with E-state index in [4.69, 9.17) is 0 Å². The summed E-state index contributed by atoms with van der Waals surface area (Å²) in [7, 11) is 1.99. The van der Waals surface area contributed by atoms with Crippen molar-refractivity contribution in [3.8, 4) is 11.3 Å². The summed E-state index contributed by atoms with van der Waals surface area (Å²) in [5, 5.41) is 11.5. The van der Waals surface area contributed by atoms with Crippen molar-refractivity contribution in [2.24, 2.45) is 0 Å². The Morgan fingerprint density at radius 1 is 1.16 bits per heavy atom. The molecule has 1 amide bonds. The summed E-state index contributed by atoms with van der Waals surface area (Å²) in [6.45, 7) is 3.29. The molecule has 2 aromatic carbocycles. The third-order valence-corrected chi connectivity index (χ3v) is 6.12. The molecule has 7 heteroatoms. The van der Waals surface area contributed by atoms with E-state index in [9.17, 15) is 9.18 Å². The van der Waals surface area contributed by atoms with Crippen LogP contribution in [0.3, 0.4) is 0 Å². The van der Waals surface area contributed by atoms with E-state index in [0.717, 1.165) is 27.9 Å². The van der Waals surface area contributed by atoms with E-state index >= 15 is 0 Å². The maximum absolute atomic E-state index is 14.4. The maximum atomic E-state index is 14.4. The van der Waals surface area contributed by atoms with Gasteiger partial charge in [-0.05, 0) is 55.9 Å². The van der Waals surface area contributed by atoms with Gasteiger partial charge < -0.3 is 10.2 Å². The SMILES string of the molecule is Cc1cc(-c2n[nH]c3ccc(C(=O)NC4CN(C)CC4c4ccccc4F)cc23)ccn1. The maximum Gasteiger partial charge on any atom is 0.251 e. The number of fused-ring (bicyclic) bond motifs is 1. The zero-order valence-electron chi connectivity index (χ0n) is 18.0. The second-order valence-electron chi connectivity index (χ2n) is 8.45. The van der Waals surface area contributed by atoms with Crippen LogP contribution in [0, 0.1) is 12.7 Å². The molecule has 0 bridgehead atoms. The summed E-state index contributed by atoms with van der Waals surface area (Å²) in [6.07, 6.45) is 1.75. The first-order valence-corrected chi connectivity index (χ1v) is 10.6. The number of likely N-dealkylation sites (tertiary alicyclic amines) is 1. The zero-order chi connectivity index (χ0) is 22.2. The monoisotopic (exact) mass is 429 g/mol.